The number of benzene rings is 1. The maximum Gasteiger partial charge on any atom is 0.238 e. The average molecular weight is 250 g/mol. The number of carbonyl (C=O) groups excluding carboxylic acids is 2. The van der Waals surface area contributed by atoms with Crippen LogP contribution in [0.25, 0.3) is 0 Å². The van der Waals surface area contributed by atoms with Crippen LogP contribution in [0.3, 0.4) is 0 Å². The molecule has 0 bridgehead atoms. The standard InChI is InChI=1S/C12H11FN2O3/c1-7(16)8-5-11(18-2)9(13)6-10(8)15-12(17)3-4-14/h5-6H,3H2,1-2H3,(H,15,17). The van der Waals surface area contributed by atoms with E-state index in [9.17, 15) is 14.0 Å². The van der Waals surface area contributed by atoms with Crippen molar-refractivity contribution < 1.29 is 18.7 Å². The van der Waals surface area contributed by atoms with Gasteiger partial charge < -0.3 is 10.1 Å². The number of nitriles is 1. The first-order valence-corrected chi connectivity index (χ1v) is 5.05. The molecule has 0 saturated carbocycles. The highest BCUT2D eigenvalue weighted by molar-refractivity contribution is 6.04. The number of methoxy groups -OCH3 is 1. The van der Waals surface area contributed by atoms with Gasteiger partial charge in [0.25, 0.3) is 0 Å². The first-order chi connectivity index (χ1) is 8.49. The molecule has 0 atom stereocenters. The number of hydrogen-bond donors (Lipinski definition) is 1. The molecular formula is C12H11FN2O3. The van der Waals surface area contributed by atoms with Crippen molar-refractivity contribution in [3.63, 3.8) is 0 Å². The number of carbonyl (C=O) groups is 2. The molecule has 0 aliphatic heterocycles. The first kappa shape index (κ1) is 13.6. The Balaban J connectivity index is 3.18. The van der Waals surface area contributed by atoms with E-state index in [1.807, 2.05) is 0 Å². The number of Topliss-reactive ketones (excluding diaryl/α,β-unsaturated/α-hetero) is 1. The number of amides is 1. The molecule has 0 radical (unpaired) electrons. The topological polar surface area (TPSA) is 79.2 Å². The summed E-state index contributed by atoms with van der Waals surface area (Å²) in [6.07, 6.45) is -0.370. The number of ketones is 1. The maximum absolute atomic E-state index is 13.5. The van der Waals surface area contributed by atoms with E-state index in [1.165, 1.54) is 20.1 Å². The van der Waals surface area contributed by atoms with Crippen molar-refractivity contribution >= 4 is 17.4 Å². The van der Waals surface area contributed by atoms with Gasteiger partial charge in [0, 0.05) is 11.6 Å². The van der Waals surface area contributed by atoms with Gasteiger partial charge in [0.05, 0.1) is 18.9 Å². The molecule has 0 saturated heterocycles. The highest BCUT2D eigenvalue weighted by Crippen LogP contribution is 2.26. The van der Waals surface area contributed by atoms with Gasteiger partial charge >= 0.3 is 0 Å². The van der Waals surface area contributed by atoms with Gasteiger partial charge in [-0.25, -0.2) is 4.39 Å². The fourth-order valence-electron chi connectivity index (χ4n) is 1.37. The van der Waals surface area contributed by atoms with Gasteiger partial charge in [-0.3, -0.25) is 9.59 Å². The number of halogens is 1. The Hall–Kier alpha value is -2.42. The van der Waals surface area contributed by atoms with Crippen LogP contribution in [0.1, 0.15) is 23.7 Å². The summed E-state index contributed by atoms with van der Waals surface area (Å²) in [4.78, 5) is 22.6. The summed E-state index contributed by atoms with van der Waals surface area (Å²) in [5, 5.41) is 10.7. The molecule has 0 aromatic heterocycles. The van der Waals surface area contributed by atoms with Gasteiger partial charge in [-0.15, -0.1) is 0 Å². The summed E-state index contributed by atoms with van der Waals surface area (Å²) in [5.74, 6) is -1.74. The van der Waals surface area contributed by atoms with Crippen LogP contribution in [0.2, 0.25) is 0 Å². The molecule has 18 heavy (non-hydrogen) atoms. The molecule has 0 aliphatic carbocycles. The minimum atomic E-state index is -0.699. The fraction of sp³-hybridized carbons (Fsp3) is 0.250. The molecule has 1 amide bonds. The van der Waals surface area contributed by atoms with E-state index in [1.54, 1.807) is 6.07 Å². The molecule has 0 heterocycles. The lowest BCUT2D eigenvalue weighted by molar-refractivity contribution is -0.115. The van der Waals surface area contributed by atoms with Gasteiger partial charge in [-0.1, -0.05) is 0 Å². The van der Waals surface area contributed by atoms with Crippen molar-refractivity contribution in [1.82, 2.24) is 0 Å². The van der Waals surface area contributed by atoms with Crippen LogP contribution >= 0.6 is 0 Å². The summed E-state index contributed by atoms with van der Waals surface area (Å²) < 4.78 is 18.2. The van der Waals surface area contributed by atoms with Gasteiger partial charge in [-0.2, -0.15) is 5.26 Å². The Bertz CT molecular complexity index is 535. The number of nitrogens with zero attached hydrogens (tertiary/aromatic N) is 1. The van der Waals surface area contributed by atoms with Crippen molar-refractivity contribution in [3.05, 3.63) is 23.5 Å². The van der Waals surface area contributed by atoms with Crippen molar-refractivity contribution in [2.24, 2.45) is 0 Å². The quantitative estimate of drug-likeness (QED) is 0.827. The van der Waals surface area contributed by atoms with Crippen LogP contribution < -0.4 is 10.1 Å². The van der Waals surface area contributed by atoms with Gasteiger partial charge in [0.15, 0.2) is 17.3 Å². The highest BCUT2D eigenvalue weighted by atomic mass is 19.1. The predicted molar refractivity (Wildman–Crippen MR) is 61.8 cm³/mol. The number of anilines is 1. The summed E-state index contributed by atoms with van der Waals surface area (Å²) in [7, 11) is 1.27. The third-order valence-electron chi connectivity index (χ3n) is 2.18. The van der Waals surface area contributed by atoms with E-state index < -0.39 is 11.7 Å². The smallest absolute Gasteiger partial charge is 0.238 e. The van der Waals surface area contributed by atoms with Gasteiger partial charge in [0.1, 0.15) is 6.42 Å². The lowest BCUT2D eigenvalue weighted by atomic mass is 10.1. The van der Waals surface area contributed by atoms with Crippen LogP contribution in [0.15, 0.2) is 12.1 Å². The molecule has 6 heteroatoms. The van der Waals surface area contributed by atoms with E-state index >= 15 is 0 Å². The maximum atomic E-state index is 13.5. The molecule has 0 aliphatic rings. The van der Waals surface area contributed by atoms with E-state index in [-0.39, 0.29) is 29.2 Å². The molecular weight excluding hydrogens is 239 g/mol. The average Bonchev–Trinajstić information content (AvgIpc) is 2.29. The fourth-order valence-corrected chi connectivity index (χ4v) is 1.37. The molecule has 1 N–H and O–H groups in total. The van der Waals surface area contributed by atoms with E-state index in [4.69, 9.17) is 10.00 Å². The zero-order valence-electron chi connectivity index (χ0n) is 9.91. The molecule has 0 unspecified atom stereocenters. The van der Waals surface area contributed by atoms with E-state index in [0.29, 0.717) is 0 Å². The summed E-state index contributed by atoms with van der Waals surface area (Å²) in [5.41, 5.74) is 0.153. The molecule has 5 nitrogen and oxygen atoms in total. The van der Waals surface area contributed by atoms with Crippen LogP contribution in [0.5, 0.6) is 5.75 Å². The van der Waals surface area contributed by atoms with Gasteiger partial charge in [0.2, 0.25) is 5.91 Å². The Morgan fingerprint density at radius 2 is 2.17 bits per heavy atom. The summed E-state index contributed by atoms with van der Waals surface area (Å²) >= 11 is 0. The van der Waals surface area contributed by atoms with E-state index in [0.717, 1.165) is 6.07 Å². The molecule has 0 spiro atoms. The summed E-state index contributed by atoms with van der Waals surface area (Å²) in [6.45, 7) is 1.28. The second-order valence-electron chi connectivity index (χ2n) is 3.47. The monoisotopic (exact) mass is 250 g/mol. The van der Waals surface area contributed by atoms with Crippen molar-refractivity contribution in [1.29, 1.82) is 5.26 Å². The van der Waals surface area contributed by atoms with Crippen LogP contribution in [-0.2, 0) is 4.79 Å². The Morgan fingerprint density at radius 1 is 1.50 bits per heavy atom. The van der Waals surface area contributed by atoms with Crippen molar-refractivity contribution in [3.8, 4) is 11.8 Å². The first-order valence-electron chi connectivity index (χ1n) is 5.05. The second-order valence-corrected chi connectivity index (χ2v) is 3.47. The number of ether oxygens (including phenoxy) is 1. The van der Waals surface area contributed by atoms with E-state index in [2.05, 4.69) is 5.32 Å². The molecule has 0 fully saturated rings. The largest absolute Gasteiger partial charge is 0.494 e. The Labute approximate surface area is 103 Å². The lowest BCUT2D eigenvalue weighted by Gasteiger charge is -2.10. The molecule has 1 aromatic carbocycles. The van der Waals surface area contributed by atoms with Crippen LogP contribution in [0, 0.1) is 17.1 Å². The lowest BCUT2D eigenvalue weighted by Crippen LogP contribution is -2.13. The van der Waals surface area contributed by atoms with Gasteiger partial charge in [-0.05, 0) is 13.0 Å². The second kappa shape index (κ2) is 5.77. The van der Waals surface area contributed by atoms with Crippen LogP contribution in [-0.4, -0.2) is 18.8 Å². The molecule has 1 rings (SSSR count). The zero-order valence-corrected chi connectivity index (χ0v) is 9.91. The Morgan fingerprint density at radius 3 is 2.67 bits per heavy atom. The zero-order chi connectivity index (χ0) is 13.7. The normalized spacial score (nSPS) is 9.44. The highest BCUT2D eigenvalue weighted by Gasteiger charge is 2.15. The SMILES string of the molecule is COc1cc(C(C)=O)c(NC(=O)CC#N)cc1F. The minimum absolute atomic E-state index is 0.0288. The molecule has 1 aromatic rings. The van der Waals surface area contributed by atoms with Crippen molar-refractivity contribution in [2.75, 3.05) is 12.4 Å². The predicted octanol–water partition coefficient (Wildman–Crippen LogP) is 1.89. The van der Waals surface area contributed by atoms with Crippen LogP contribution in [0.4, 0.5) is 10.1 Å². The number of nitrogens with one attached hydrogen (secondary N) is 1. The molecule has 94 valence electrons. The Kier molecular flexibility index (Phi) is 4.38. The number of rotatable bonds is 4. The van der Waals surface area contributed by atoms with Crippen molar-refractivity contribution in [2.45, 2.75) is 13.3 Å². The summed E-state index contributed by atoms with van der Waals surface area (Å²) in [6, 6.07) is 3.86. The third-order valence-corrected chi connectivity index (χ3v) is 2.18. The minimum Gasteiger partial charge on any atom is -0.494 e. The third kappa shape index (κ3) is 3.04. The number of hydrogen-bond acceptors (Lipinski definition) is 4.